The molecule has 0 radical (unpaired) electrons. The van der Waals surface area contributed by atoms with Crippen molar-refractivity contribution < 1.29 is 4.74 Å². The van der Waals surface area contributed by atoms with Gasteiger partial charge in [0.2, 0.25) is 0 Å². The van der Waals surface area contributed by atoms with Crippen molar-refractivity contribution in [2.45, 2.75) is 26.6 Å². The van der Waals surface area contributed by atoms with Crippen LogP contribution in [-0.2, 0) is 24.4 Å². The first kappa shape index (κ1) is 18.3. The molecule has 2 aromatic carbocycles. The van der Waals surface area contributed by atoms with Gasteiger partial charge in [-0.1, -0.05) is 48.0 Å². The summed E-state index contributed by atoms with van der Waals surface area (Å²) in [6.45, 7) is 4.78. The lowest BCUT2D eigenvalue weighted by molar-refractivity contribution is 0.184. The Kier molecular flexibility index (Phi) is 7.59. The van der Waals surface area contributed by atoms with Crippen molar-refractivity contribution in [2.75, 3.05) is 13.7 Å². The predicted octanol–water partition coefficient (Wildman–Crippen LogP) is 3.74. The van der Waals surface area contributed by atoms with Crippen LogP contribution >= 0.6 is 11.6 Å². The Morgan fingerprint density at radius 1 is 1.04 bits per heavy atom. The fourth-order valence-corrected chi connectivity index (χ4v) is 2.43. The Morgan fingerprint density at radius 2 is 1.75 bits per heavy atom. The van der Waals surface area contributed by atoms with Crippen LogP contribution in [0.1, 0.15) is 23.6 Å². The Balaban J connectivity index is 2.00. The highest BCUT2D eigenvalue weighted by Gasteiger charge is 2.03. The highest BCUT2D eigenvalue weighted by molar-refractivity contribution is 6.30. The highest BCUT2D eigenvalue weighted by Crippen LogP contribution is 2.11. The minimum absolute atomic E-state index is 0.603. The number of methoxy groups -OCH3 is 1. The number of guanidine groups is 1. The van der Waals surface area contributed by atoms with E-state index in [1.807, 2.05) is 36.4 Å². The van der Waals surface area contributed by atoms with Crippen molar-refractivity contribution in [1.82, 2.24) is 10.6 Å². The summed E-state index contributed by atoms with van der Waals surface area (Å²) in [4.78, 5) is 4.62. The SMILES string of the molecule is CCNC(=NCc1ccc(Cl)cc1)NCc1ccccc1COC. The van der Waals surface area contributed by atoms with E-state index in [9.17, 15) is 0 Å². The third-order valence-corrected chi connectivity index (χ3v) is 3.79. The van der Waals surface area contributed by atoms with Crippen LogP contribution in [0.15, 0.2) is 53.5 Å². The fraction of sp³-hybridized carbons (Fsp3) is 0.316. The number of halogens is 1. The zero-order valence-corrected chi connectivity index (χ0v) is 14.9. The van der Waals surface area contributed by atoms with Crippen molar-refractivity contribution in [1.29, 1.82) is 0 Å². The second kappa shape index (κ2) is 9.96. The van der Waals surface area contributed by atoms with E-state index < -0.39 is 0 Å². The number of aliphatic imine (C=N–C) groups is 1. The molecule has 4 nitrogen and oxygen atoms in total. The van der Waals surface area contributed by atoms with Gasteiger partial charge in [0.1, 0.15) is 0 Å². The number of benzene rings is 2. The van der Waals surface area contributed by atoms with Crippen molar-refractivity contribution in [3.8, 4) is 0 Å². The molecule has 24 heavy (non-hydrogen) atoms. The molecule has 2 N–H and O–H groups in total. The number of nitrogens with one attached hydrogen (secondary N) is 2. The smallest absolute Gasteiger partial charge is 0.191 e. The maximum atomic E-state index is 5.91. The quantitative estimate of drug-likeness (QED) is 0.593. The summed E-state index contributed by atoms with van der Waals surface area (Å²) < 4.78 is 5.25. The maximum absolute atomic E-state index is 5.91. The van der Waals surface area contributed by atoms with Gasteiger partial charge >= 0.3 is 0 Å². The largest absolute Gasteiger partial charge is 0.380 e. The minimum Gasteiger partial charge on any atom is -0.380 e. The van der Waals surface area contributed by atoms with Gasteiger partial charge in [-0.3, -0.25) is 0 Å². The number of nitrogens with zero attached hydrogens (tertiary/aromatic N) is 1. The Bertz CT molecular complexity index is 656. The van der Waals surface area contributed by atoms with E-state index in [1.165, 1.54) is 11.1 Å². The molecule has 0 bridgehead atoms. The molecule has 0 unspecified atom stereocenters. The van der Waals surface area contributed by atoms with E-state index in [0.717, 1.165) is 23.1 Å². The van der Waals surface area contributed by atoms with Crippen LogP contribution in [0.3, 0.4) is 0 Å². The lowest BCUT2D eigenvalue weighted by Gasteiger charge is -2.14. The van der Waals surface area contributed by atoms with E-state index >= 15 is 0 Å². The lowest BCUT2D eigenvalue weighted by atomic mass is 10.1. The first-order valence-electron chi connectivity index (χ1n) is 8.05. The average molecular weight is 346 g/mol. The van der Waals surface area contributed by atoms with Crippen LogP contribution in [-0.4, -0.2) is 19.6 Å². The van der Waals surface area contributed by atoms with Gasteiger partial charge in [-0.15, -0.1) is 0 Å². The molecule has 2 aromatic rings. The van der Waals surface area contributed by atoms with Gasteiger partial charge in [0.15, 0.2) is 5.96 Å². The summed E-state index contributed by atoms with van der Waals surface area (Å²) in [6.07, 6.45) is 0. The van der Waals surface area contributed by atoms with E-state index in [2.05, 4.69) is 34.7 Å². The molecule has 0 aromatic heterocycles. The summed E-state index contributed by atoms with van der Waals surface area (Å²) in [7, 11) is 1.71. The lowest BCUT2D eigenvalue weighted by Crippen LogP contribution is -2.37. The molecular formula is C19H24ClN3O. The van der Waals surface area contributed by atoms with Crippen molar-refractivity contribution in [3.63, 3.8) is 0 Å². The Morgan fingerprint density at radius 3 is 2.42 bits per heavy atom. The van der Waals surface area contributed by atoms with E-state index in [4.69, 9.17) is 16.3 Å². The molecule has 0 aliphatic carbocycles. The third kappa shape index (κ3) is 5.87. The molecule has 5 heteroatoms. The first-order chi connectivity index (χ1) is 11.7. The van der Waals surface area contributed by atoms with Gasteiger partial charge in [-0.25, -0.2) is 4.99 Å². The standard InChI is InChI=1S/C19H24ClN3O/c1-3-21-19(22-12-15-8-10-18(20)11-9-15)23-13-16-6-4-5-7-17(16)14-24-2/h4-11H,3,12-14H2,1-2H3,(H2,21,22,23). The summed E-state index contributed by atoms with van der Waals surface area (Å²) >= 11 is 5.91. The van der Waals surface area contributed by atoms with Crippen LogP contribution in [0.4, 0.5) is 0 Å². The number of hydrogen-bond acceptors (Lipinski definition) is 2. The third-order valence-electron chi connectivity index (χ3n) is 3.54. The maximum Gasteiger partial charge on any atom is 0.191 e. The molecule has 0 heterocycles. The van der Waals surface area contributed by atoms with Gasteiger partial charge in [0.05, 0.1) is 13.2 Å². The average Bonchev–Trinajstić information content (AvgIpc) is 2.60. The normalized spacial score (nSPS) is 11.4. The van der Waals surface area contributed by atoms with Crippen LogP contribution in [0, 0.1) is 0 Å². The molecule has 0 amide bonds. The van der Waals surface area contributed by atoms with Gasteiger partial charge in [-0.05, 0) is 35.7 Å². The summed E-state index contributed by atoms with van der Waals surface area (Å²) in [5, 5.41) is 7.38. The molecule has 0 aliphatic heterocycles. The molecule has 0 spiro atoms. The number of ether oxygens (including phenoxy) is 1. The second-order valence-electron chi connectivity index (χ2n) is 5.38. The van der Waals surface area contributed by atoms with Crippen LogP contribution < -0.4 is 10.6 Å². The van der Waals surface area contributed by atoms with Gasteiger partial charge in [0.25, 0.3) is 0 Å². The van der Waals surface area contributed by atoms with Crippen molar-refractivity contribution in [2.24, 2.45) is 4.99 Å². The first-order valence-corrected chi connectivity index (χ1v) is 8.43. The number of hydrogen-bond donors (Lipinski definition) is 2. The van der Waals surface area contributed by atoms with Gasteiger partial charge in [0, 0.05) is 25.2 Å². The molecule has 0 aliphatic rings. The van der Waals surface area contributed by atoms with Crippen LogP contribution in [0.2, 0.25) is 5.02 Å². The topological polar surface area (TPSA) is 45.7 Å². The van der Waals surface area contributed by atoms with E-state index in [0.29, 0.717) is 19.7 Å². The van der Waals surface area contributed by atoms with Crippen LogP contribution in [0.25, 0.3) is 0 Å². The van der Waals surface area contributed by atoms with Gasteiger partial charge in [-0.2, -0.15) is 0 Å². The highest BCUT2D eigenvalue weighted by atomic mass is 35.5. The van der Waals surface area contributed by atoms with E-state index in [1.54, 1.807) is 7.11 Å². The Labute approximate surface area is 148 Å². The minimum atomic E-state index is 0.603. The molecule has 0 atom stereocenters. The monoisotopic (exact) mass is 345 g/mol. The molecule has 128 valence electrons. The molecule has 0 saturated heterocycles. The summed E-state index contributed by atoms with van der Waals surface area (Å²) in [5.41, 5.74) is 3.51. The predicted molar refractivity (Wildman–Crippen MR) is 100 cm³/mol. The van der Waals surface area contributed by atoms with Crippen LogP contribution in [0.5, 0.6) is 0 Å². The van der Waals surface area contributed by atoms with Gasteiger partial charge < -0.3 is 15.4 Å². The molecule has 0 saturated carbocycles. The van der Waals surface area contributed by atoms with E-state index in [-0.39, 0.29) is 0 Å². The van der Waals surface area contributed by atoms with Crippen molar-refractivity contribution in [3.05, 3.63) is 70.2 Å². The zero-order chi connectivity index (χ0) is 17.2. The summed E-state index contributed by atoms with van der Waals surface area (Å²) in [5.74, 6) is 0.791. The molecule has 2 rings (SSSR count). The fourth-order valence-electron chi connectivity index (χ4n) is 2.31. The molecule has 0 fully saturated rings. The molecular weight excluding hydrogens is 322 g/mol. The Hall–Kier alpha value is -2.04. The zero-order valence-electron chi connectivity index (χ0n) is 14.2. The van der Waals surface area contributed by atoms with Crippen molar-refractivity contribution >= 4 is 17.6 Å². The second-order valence-corrected chi connectivity index (χ2v) is 5.81. The number of rotatable bonds is 7. The summed E-state index contributed by atoms with van der Waals surface area (Å²) in [6, 6.07) is 16.0.